The molecule has 0 radical (unpaired) electrons. The van der Waals surface area contributed by atoms with Gasteiger partial charge in [-0.25, -0.2) is 0 Å². The number of hydrogen-bond acceptors (Lipinski definition) is 1. The van der Waals surface area contributed by atoms with Gasteiger partial charge >= 0.3 is 0 Å². The average molecular weight is 256 g/mol. The number of aryl methyl sites for hydroxylation is 2. The molecule has 0 aliphatic carbocycles. The van der Waals surface area contributed by atoms with Crippen LogP contribution in [0.4, 0.5) is 0 Å². The SMILES string of the molecule is Cc1ccccc1CCNCc1cc(C)n(C)c1C. The van der Waals surface area contributed by atoms with Gasteiger partial charge in [0.15, 0.2) is 0 Å². The Morgan fingerprint density at radius 1 is 1.05 bits per heavy atom. The first-order valence-electron chi connectivity index (χ1n) is 6.96. The zero-order valence-corrected chi connectivity index (χ0v) is 12.5. The maximum Gasteiger partial charge on any atom is 0.0223 e. The third-order valence-corrected chi connectivity index (χ3v) is 4.03. The molecule has 19 heavy (non-hydrogen) atoms. The summed E-state index contributed by atoms with van der Waals surface area (Å²) < 4.78 is 2.25. The fraction of sp³-hybridized carbons (Fsp3) is 0.412. The second kappa shape index (κ2) is 6.07. The molecule has 0 atom stereocenters. The number of aromatic nitrogens is 1. The van der Waals surface area contributed by atoms with E-state index >= 15 is 0 Å². The monoisotopic (exact) mass is 256 g/mol. The summed E-state index contributed by atoms with van der Waals surface area (Å²) in [6.45, 7) is 8.51. The minimum atomic E-state index is 0.958. The molecule has 1 aromatic carbocycles. The number of rotatable bonds is 5. The molecule has 2 aromatic rings. The fourth-order valence-electron chi connectivity index (χ4n) is 2.45. The van der Waals surface area contributed by atoms with Gasteiger partial charge in [0.1, 0.15) is 0 Å². The topological polar surface area (TPSA) is 17.0 Å². The van der Waals surface area contributed by atoms with Crippen LogP contribution < -0.4 is 5.32 Å². The maximum atomic E-state index is 3.55. The highest BCUT2D eigenvalue weighted by molar-refractivity contribution is 5.27. The van der Waals surface area contributed by atoms with Crippen LogP contribution in [0.25, 0.3) is 0 Å². The molecule has 0 aliphatic rings. The molecule has 0 unspecified atom stereocenters. The standard InChI is InChI=1S/C17H24N2/c1-13-7-5-6-8-16(13)9-10-18-12-17-11-14(2)19(4)15(17)3/h5-8,11,18H,9-10,12H2,1-4H3. The van der Waals surface area contributed by atoms with Crippen molar-refractivity contribution in [3.05, 3.63) is 58.4 Å². The van der Waals surface area contributed by atoms with Crippen LogP contribution in [0.5, 0.6) is 0 Å². The molecular formula is C17H24N2. The third kappa shape index (κ3) is 3.27. The first-order chi connectivity index (χ1) is 9.09. The molecule has 1 N–H and O–H groups in total. The highest BCUT2D eigenvalue weighted by Crippen LogP contribution is 2.13. The molecular weight excluding hydrogens is 232 g/mol. The Balaban J connectivity index is 1.84. The Hall–Kier alpha value is -1.54. The summed E-state index contributed by atoms with van der Waals surface area (Å²) in [4.78, 5) is 0. The predicted molar refractivity (Wildman–Crippen MR) is 81.5 cm³/mol. The van der Waals surface area contributed by atoms with Crippen molar-refractivity contribution < 1.29 is 0 Å². The van der Waals surface area contributed by atoms with Gasteiger partial charge in [-0.05, 0) is 56.5 Å². The molecule has 102 valence electrons. The van der Waals surface area contributed by atoms with Gasteiger partial charge in [-0.2, -0.15) is 0 Å². The van der Waals surface area contributed by atoms with Gasteiger partial charge in [0.05, 0.1) is 0 Å². The van der Waals surface area contributed by atoms with E-state index < -0.39 is 0 Å². The molecule has 0 saturated carbocycles. The van der Waals surface area contributed by atoms with Crippen molar-refractivity contribution in [3.8, 4) is 0 Å². The lowest BCUT2D eigenvalue weighted by Crippen LogP contribution is -2.17. The van der Waals surface area contributed by atoms with Crippen LogP contribution in [0.1, 0.15) is 28.1 Å². The Labute approximate surface area is 116 Å². The lowest BCUT2D eigenvalue weighted by molar-refractivity contribution is 0.680. The molecule has 1 aromatic heterocycles. The summed E-state index contributed by atoms with van der Waals surface area (Å²) in [6.07, 6.45) is 1.09. The summed E-state index contributed by atoms with van der Waals surface area (Å²) in [5.41, 5.74) is 6.92. The summed E-state index contributed by atoms with van der Waals surface area (Å²) in [5.74, 6) is 0. The fourth-order valence-corrected chi connectivity index (χ4v) is 2.45. The lowest BCUT2D eigenvalue weighted by Gasteiger charge is -2.07. The largest absolute Gasteiger partial charge is 0.352 e. The smallest absolute Gasteiger partial charge is 0.0223 e. The van der Waals surface area contributed by atoms with Crippen molar-refractivity contribution in [1.82, 2.24) is 9.88 Å². The van der Waals surface area contributed by atoms with Crippen molar-refractivity contribution in [2.45, 2.75) is 33.7 Å². The Morgan fingerprint density at radius 3 is 2.42 bits per heavy atom. The van der Waals surface area contributed by atoms with E-state index in [0.29, 0.717) is 0 Å². The Kier molecular flexibility index (Phi) is 4.43. The van der Waals surface area contributed by atoms with Gasteiger partial charge in [-0.1, -0.05) is 24.3 Å². The Morgan fingerprint density at radius 2 is 1.79 bits per heavy atom. The van der Waals surface area contributed by atoms with Crippen molar-refractivity contribution in [1.29, 1.82) is 0 Å². The highest BCUT2D eigenvalue weighted by Gasteiger charge is 2.05. The number of nitrogens with one attached hydrogen (secondary N) is 1. The predicted octanol–water partition coefficient (Wildman–Crippen LogP) is 3.28. The molecule has 1 heterocycles. The number of nitrogens with zero attached hydrogens (tertiary/aromatic N) is 1. The van der Waals surface area contributed by atoms with Crippen molar-refractivity contribution in [2.75, 3.05) is 6.54 Å². The molecule has 2 heteroatoms. The molecule has 0 aliphatic heterocycles. The maximum absolute atomic E-state index is 3.55. The van der Waals surface area contributed by atoms with Crippen LogP contribution in [0.15, 0.2) is 30.3 Å². The molecule has 0 bridgehead atoms. The van der Waals surface area contributed by atoms with E-state index in [0.717, 1.165) is 19.5 Å². The van der Waals surface area contributed by atoms with Gasteiger partial charge < -0.3 is 9.88 Å². The van der Waals surface area contributed by atoms with E-state index in [4.69, 9.17) is 0 Å². The van der Waals surface area contributed by atoms with Gasteiger partial charge in [0, 0.05) is 25.0 Å². The van der Waals surface area contributed by atoms with Crippen LogP contribution in [0.3, 0.4) is 0 Å². The Bertz CT molecular complexity index is 552. The molecule has 0 amide bonds. The van der Waals surface area contributed by atoms with Crippen LogP contribution in [0, 0.1) is 20.8 Å². The average Bonchev–Trinajstić information content (AvgIpc) is 2.64. The minimum absolute atomic E-state index is 0.958. The zero-order valence-electron chi connectivity index (χ0n) is 12.5. The number of hydrogen-bond donors (Lipinski definition) is 1. The van der Waals surface area contributed by atoms with Crippen molar-refractivity contribution in [3.63, 3.8) is 0 Å². The van der Waals surface area contributed by atoms with E-state index in [9.17, 15) is 0 Å². The van der Waals surface area contributed by atoms with Crippen molar-refractivity contribution in [2.24, 2.45) is 7.05 Å². The quantitative estimate of drug-likeness (QED) is 0.812. The lowest BCUT2D eigenvalue weighted by atomic mass is 10.1. The van der Waals surface area contributed by atoms with Gasteiger partial charge in [0.2, 0.25) is 0 Å². The highest BCUT2D eigenvalue weighted by atomic mass is 15.0. The van der Waals surface area contributed by atoms with Gasteiger partial charge in [-0.3, -0.25) is 0 Å². The van der Waals surface area contributed by atoms with Crippen LogP contribution >= 0.6 is 0 Å². The van der Waals surface area contributed by atoms with E-state index in [1.807, 2.05) is 0 Å². The van der Waals surface area contributed by atoms with Crippen molar-refractivity contribution >= 4 is 0 Å². The van der Waals surface area contributed by atoms with Gasteiger partial charge in [0.25, 0.3) is 0 Å². The van der Waals surface area contributed by atoms with E-state index in [1.165, 1.54) is 28.1 Å². The first kappa shape index (κ1) is 13.9. The second-order valence-electron chi connectivity index (χ2n) is 5.31. The van der Waals surface area contributed by atoms with Crippen LogP contribution in [0.2, 0.25) is 0 Å². The summed E-state index contributed by atoms with van der Waals surface area (Å²) in [6, 6.07) is 10.9. The van der Waals surface area contributed by atoms with E-state index in [1.54, 1.807) is 0 Å². The van der Waals surface area contributed by atoms with E-state index in [-0.39, 0.29) is 0 Å². The van der Waals surface area contributed by atoms with Gasteiger partial charge in [-0.15, -0.1) is 0 Å². The third-order valence-electron chi connectivity index (χ3n) is 4.03. The summed E-state index contributed by atoms with van der Waals surface area (Å²) >= 11 is 0. The normalized spacial score (nSPS) is 10.9. The molecule has 0 fully saturated rings. The first-order valence-corrected chi connectivity index (χ1v) is 6.96. The van der Waals surface area contributed by atoms with Crippen LogP contribution in [-0.4, -0.2) is 11.1 Å². The second-order valence-corrected chi connectivity index (χ2v) is 5.31. The zero-order chi connectivity index (χ0) is 13.8. The van der Waals surface area contributed by atoms with Crippen LogP contribution in [-0.2, 0) is 20.0 Å². The molecule has 0 saturated heterocycles. The minimum Gasteiger partial charge on any atom is -0.352 e. The molecule has 2 nitrogen and oxygen atoms in total. The summed E-state index contributed by atoms with van der Waals surface area (Å²) in [5, 5.41) is 3.55. The van der Waals surface area contributed by atoms with E-state index in [2.05, 4.69) is 68.0 Å². The molecule has 2 rings (SSSR count). The molecule has 0 spiro atoms. The summed E-state index contributed by atoms with van der Waals surface area (Å²) in [7, 11) is 2.13. The number of benzene rings is 1.